The monoisotopic (exact) mass is 1150 g/mol. The Hall–Kier alpha value is -8.80. The maximum atomic E-state index is 13.9. The maximum Gasteiger partial charge on any atom is 0.336 e. The number of hydrogen-bond donors (Lipinski definition) is 7. The van der Waals surface area contributed by atoms with Crippen LogP contribution >= 0.6 is 12.2 Å². The van der Waals surface area contributed by atoms with Crippen molar-refractivity contribution in [2.75, 3.05) is 89.1 Å². The van der Waals surface area contributed by atoms with E-state index in [1.807, 2.05) is 12.1 Å². The molecule has 0 aromatic heterocycles. The fraction of sp³-hybridized carbons (Fsp3) is 0.323. The van der Waals surface area contributed by atoms with E-state index in [4.69, 9.17) is 42.0 Å². The number of anilines is 2. The van der Waals surface area contributed by atoms with E-state index in [0.717, 1.165) is 111 Å². The molecule has 1 atom stereocenters. The molecule has 18 nitrogen and oxygen atoms in total. The van der Waals surface area contributed by atoms with Gasteiger partial charge in [-0.05, 0) is 128 Å². The molecule has 0 radical (unpaired) electrons. The Morgan fingerprint density at radius 1 is 0.762 bits per heavy atom. The van der Waals surface area contributed by atoms with Gasteiger partial charge in [-0.3, -0.25) is 14.4 Å². The Morgan fingerprint density at radius 2 is 1.52 bits per heavy atom. The Labute approximate surface area is 489 Å². The molecule has 6 aliphatic heterocycles. The van der Waals surface area contributed by atoms with E-state index in [9.17, 15) is 34.5 Å². The lowest BCUT2D eigenvalue weighted by molar-refractivity contribution is -0.124. The van der Waals surface area contributed by atoms with Crippen LogP contribution in [0.25, 0.3) is 39.0 Å². The van der Waals surface area contributed by atoms with Gasteiger partial charge in [0.05, 0.1) is 49.7 Å². The normalized spacial score (nSPS) is 15.0. The SMILES string of the molecule is C#CCOCC(NC(=S)Nc1ccc(-c2c3ccc(=O)cc-3oc3cc(O)ccc23)c(C(=O)O)c1)C(=O)NCCOCCOCCNC(=O)c1cc(C2=c3cc4c5c(c3Oc3c2cc2c6c3CCCN6CCC2)CCC[N+]=5CCC4)ccc1O. The number of amides is 2. The number of hydrogen-bond acceptors (Lipinski definition) is 13. The highest BCUT2D eigenvalue weighted by atomic mass is 32.1. The van der Waals surface area contributed by atoms with Crippen molar-refractivity contribution in [3.63, 3.8) is 0 Å². The molecule has 1 aliphatic carbocycles. The summed E-state index contributed by atoms with van der Waals surface area (Å²) in [7, 11) is 0. The van der Waals surface area contributed by atoms with Gasteiger partial charge in [0, 0.05) is 107 Å². The molecule has 0 saturated heterocycles. The molecule has 0 saturated carbocycles. The quantitative estimate of drug-likeness (QED) is 0.0162. The third-order valence-corrected chi connectivity index (χ3v) is 16.4. The fourth-order valence-corrected chi connectivity index (χ4v) is 12.9. The van der Waals surface area contributed by atoms with Crippen LogP contribution in [0.4, 0.5) is 11.4 Å². The minimum absolute atomic E-state index is 0.00512. The molecule has 7 aliphatic rings. The minimum Gasteiger partial charge on any atom is -0.508 e. The minimum atomic E-state index is -1.24. The molecular formula is C65H63N6O12S+. The molecule has 6 heterocycles. The number of nitrogens with one attached hydrogen (secondary N) is 4. The molecular weight excluding hydrogens is 1090 g/mol. The van der Waals surface area contributed by atoms with Crippen LogP contribution < -0.4 is 51.5 Å². The third kappa shape index (κ3) is 11.1. The number of phenols is 2. The smallest absolute Gasteiger partial charge is 0.336 e. The van der Waals surface area contributed by atoms with Crippen molar-refractivity contribution in [3.05, 3.63) is 150 Å². The van der Waals surface area contributed by atoms with Crippen molar-refractivity contribution in [1.29, 1.82) is 0 Å². The highest BCUT2D eigenvalue weighted by molar-refractivity contribution is 7.80. The van der Waals surface area contributed by atoms with Gasteiger partial charge >= 0.3 is 5.97 Å². The fourth-order valence-electron chi connectivity index (χ4n) is 12.6. The number of carboxylic acids is 1. The summed E-state index contributed by atoms with van der Waals surface area (Å²) in [5.41, 5.74) is 11.1. The van der Waals surface area contributed by atoms with Gasteiger partial charge in [-0.15, -0.1) is 6.42 Å². The lowest BCUT2D eigenvalue weighted by Gasteiger charge is -2.39. The number of aromatic carboxylic acids is 1. The summed E-state index contributed by atoms with van der Waals surface area (Å²) in [5.74, 6) is 2.12. The highest BCUT2D eigenvalue weighted by Crippen LogP contribution is 2.49. The van der Waals surface area contributed by atoms with Gasteiger partial charge in [0.15, 0.2) is 10.5 Å². The van der Waals surface area contributed by atoms with Crippen LogP contribution in [0.3, 0.4) is 0 Å². The van der Waals surface area contributed by atoms with E-state index < -0.39 is 23.8 Å². The molecule has 0 spiro atoms. The summed E-state index contributed by atoms with van der Waals surface area (Å²) < 4.78 is 32.7. The summed E-state index contributed by atoms with van der Waals surface area (Å²) in [6.07, 6.45) is 13.6. The van der Waals surface area contributed by atoms with Gasteiger partial charge in [0.25, 0.3) is 5.91 Å². The zero-order valence-electron chi connectivity index (χ0n) is 46.2. The topological polar surface area (TPSA) is 233 Å². The Balaban J connectivity index is 0.644. The van der Waals surface area contributed by atoms with Gasteiger partial charge in [-0.1, -0.05) is 18.1 Å². The number of rotatable bonds is 19. The summed E-state index contributed by atoms with van der Waals surface area (Å²) in [5, 5.41) is 46.3. The number of nitrogens with zero attached hydrogens (tertiary/aromatic N) is 2. The van der Waals surface area contributed by atoms with Crippen LogP contribution in [0.2, 0.25) is 0 Å². The number of ether oxygens (including phenoxy) is 4. The van der Waals surface area contributed by atoms with E-state index in [1.165, 1.54) is 63.6 Å². The number of fused-ring (bicyclic) bond motifs is 6. The van der Waals surface area contributed by atoms with Crippen LogP contribution in [0, 0.1) is 12.3 Å². The first-order chi connectivity index (χ1) is 40.9. The van der Waals surface area contributed by atoms with E-state index in [-0.39, 0.29) is 97.2 Å². The molecule has 5 aromatic carbocycles. The molecule has 0 fully saturated rings. The van der Waals surface area contributed by atoms with Crippen LogP contribution in [-0.4, -0.2) is 123 Å². The van der Waals surface area contributed by atoms with Gasteiger partial charge in [0.2, 0.25) is 11.3 Å². The van der Waals surface area contributed by atoms with Crippen molar-refractivity contribution in [1.82, 2.24) is 20.5 Å². The van der Waals surface area contributed by atoms with E-state index in [1.54, 1.807) is 30.3 Å². The van der Waals surface area contributed by atoms with E-state index in [2.05, 4.69) is 48.8 Å². The number of carbonyl (C=O) groups is 3. The second kappa shape index (κ2) is 24.2. The molecule has 84 heavy (non-hydrogen) atoms. The average Bonchev–Trinajstić information content (AvgIpc) is 0.844. The Bertz CT molecular complexity index is 4030. The number of carbonyl (C=O) groups excluding carboxylic acids is 2. The predicted molar refractivity (Wildman–Crippen MR) is 321 cm³/mol. The summed E-state index contributed by atoms with van der Waals surface area (Å²) in [6, 6.07) is 22.3. The highest BCUT2D eigenvalue weighted by Gasteiger charge is 2.36. The van der Waals surface area contributed by atoms with Crippen molar-refractivity contribution in [2.45, 2.75) is 57.4 Å². The van der Waals surface area contributed by atoms with Crippen molar-refractivity contribution in [3.8, 4) is 57.8 Å². The van der Waals surface area contributed by atoms with E-state index >= 15 is 0 Å². The number of phenolic OH excluding ortho intramolecular Hbond substituents is 2. The van der Waals surface area contributed by atoms with Crippen molar-refractivity contribution >= 4 is 63.0 Å². The second-order valence-electron chi connectivity index (χ2n) is 21.6. The first-order valence-corrected chi connectivity index (χ1v) is 29.0. The predicted octanol–water partition coefficient (Wildman–Crippen LogP) is 5.99. The molecule has 19 heteroatoms. The first kappa shape index (κ1) is 55.7. The van der Waals surface area contributed by atoms with Gasteiger partial charge in [-0.2, -0.15) is 0 Å². The molecule has 0 bridgehead atoms. The molecule has 5 aromatic rings. The molecule has 430 valence electrons. The number of benzene rings is 6. The number of aryl methyl sites for hydroxylation is 2. The van der Waals surface area contributed by atoms with Crippen LogP contribution in [0.1, 0.15) is 79.8 Å². The number of terminal acetylenes is 1. The molecule has 12 rings (SSSR count). The second-order valence-corrected chi connectivity index (χ2v) is 22.0. The Morgan fingerprint density at radius 3 is 2.33 bits per heavy atom. The average molecular weight is 1150 g/mol. The number of carboxylic acid groups (broad SMARTS) is 1. The van der Waals surface area contributed by atoms with Crippen molar-refractivity contribution in [2.24, 2.45) is 0 Å². The van der Waals surface area contributed by atoms with Crippen LogP contribution in [0.5, 0.6) is 23.0 Å². The molecule has 7 N–H and O–H groups in total. The summed E-state index contributed by atoms with van der Waals surface area (Å²) >= 11 is 5.57. The molecule has 1 unspecified atom stereocenters. The van der Waals surface area contributed by atoms with Crippen LogP contribution in [-0.2, 0) is 44.7 Å². The van der Waals surface area contributed by atoms with Gasteiger partial charge in [0.1, 0.15) is 60.1 Å². The van der Waals surface area contributed by atoms with Gasteiger partial charge < -0.3 is 64.9 Å². The van der Waals surface area contributed by atoms with E-state index in [0.29, 0.717) is 27.8 Å². The third-order valence-electron chi connectivity index (χ3n) is 16.2. The largest absolute Gasteiger partial charge is 0.508 e. The standard InChI is InChI=1S/C65H62N6O12S/c1-2-25-81-36-52(69-65(84)68-40-12-15-43(48(33-40)64(77)78)57-44-16-13-41(72)34-54(44)82-55-35-42(73)14-17-45(55)57)63(76)67-20-27-80-29-28-79-26-19-66-62(75)49-30-37(11-18-53(49)74)56-50-31-38-7-3-21-70-23-5-9-46(58(38)70)60(50)83-61-47-10-6-24-71-22-4-8-39(59(47)71)32-51(56)61/h1,11-18,30-35,52H,3-10,19-29,36H2,(H6,66,67,68,69,72,73,75,76,77,78,84)/p+1. The Kier molecular flexibility index (Phi) is 16.0. The lowest BCUT2D eigenvalue weighted by Crippen LogP contribution is -2.51. The summed E-state index contributed by atoms with van der Waals surface area (Å²) in [6.45, 7) is 5.08. The molecule has 2 amide bonds. The lowest BCUT2D eigenvalue weighted by atomic mass is 9.82. The summed E-state index contributed by atoms with van der Waals surface area (Å²) in [4.78, 5) is 54.9. The van der Waals surface area contributed by atoms with Crippen molar-refractivity contribution < 1.29 is 53.1 Å². The zero-order valence-corrected chi connectivity index (χ0v) is 47.0. The van der Waals surface area contributed by atoms with Gasteiger partial charge in [-0.25, -0.2) is 9.37 Å². The zero-order chi connectivity index (χ0) is 58.0. The number of aromatic hydroxyl groups is 2. The van der Waals surface area contributed by atoms with Crippen LogP contribution in [0.15, 0.2) is 94.1 Å². The maximum absolute atomic E-state index is 13.9. The number of thiocarbonyl (C=S) groups is 1. The first-order valence-electron chi connectivity index (χ1n) is 28.6.